The number of nitrogens with one attached hydrogen (secondary N) is 3. The summed E-state index contributed by atoms with van der Waals surface area (Å²) in [5, 5.41) is 17.8. The number of amides is 3. The number of aliphatic hydroxyl groups is 1. The van der Waals surface area contributed by atoms with Crippen LogP contribution in [-0.4, -0.2) is 52.9 Å². The Morgan fingerprint density at radius 1 is 1.30 bits per heavy atom. The first-order valence-corrected chi connectivity index (χ1v) is 10.0. The molecule has 1 aromatic carbocycles. The van der Waals surface area contributed by atoms with E-state index in [0.29, 0.717) is 24.5 Å². The van der Waals surface area contributed by atoms with Crippen LogP contribution in [0.3, 0.4) is 0 Å². The van der Waals surface area contributed by atoms with Gasteiger partial charge in [-0.05, 0) is 42.2 Å². The van der Waals surface area contributed by atoms with Crippen LogP contribution in [0.2, 0.25) is 0 Å². The summed E-state index contributed by atoms with van der Waals surface area (Å²) in [5.41, 5.74) is 2.58. The molecule has 3 amide bonds. The molecule has 0 aliphatic carbocycles. The minimum Gasteiger partial charge on any atom is -0.487 e. The standard InChI is InChI=1S/C21H25N5O4/c27-19-13-30-18-9-14(5-6-16(18)25-19)10-23-21(29)24-12-20(28)26-8-2-4-17(26)15-3-1-7-22-11-15/h1,3,5-7,9,11,17,19,25,27H,2,4,8,10,12-13H2,(H2,23,24,29)/t17?,19-/m1/s1. The first kappa shape index (κ1) is 20.0. The molecule has 2 aliphatic rings. The summed E-state index contributed by atoms with van der Waals surface area (Å²) < 4.78 is 5.47. The van der Waals surface area contributed by atoms with Crippen molar-refractivity contribution in [3.05, 3.63) is 53.9 Å². The molecule has 0 spiro atoms. The molecule has 9 heteroatoms. The number of anilines is 1. The Hall–Kier alpha value is -3.33. The number of carbonyl (C=O) groups excluding carboxylic acids is 2. The second-order valence-electron chi connectivity index (χ2n) is 7.37. The number of ether oxygens (including phenoxy) is 1. The number of aromatic nitrogens is 1. The predicted molar refractivity (Wildman–Crippen MR) is 110 cm³/mol. The molecule has 2 aromatic rings. The number of fused-ring (bicyclic) bond motifs is 1. The molecule has 1 aromatic heterocycles. The molecule has 0 radical (unpaired) electrons. The van der Waals surface area contributed by atoms with E-state index in [4.69, 9.17) is 4.74 Å². The van der Waals surface area contributed by atoms with Crippen LogP contribution in [0.5, 0.6) is 5.75 Å². The van der Waals surface area contributed by atoms with Crippen LogP contribution >= 0.6 is 0 Å². The molecule has 158 valence electrons. The normalized spacial score (nSPS) is 20.0. The van der Waals surface area contributed by atoms with Gasteiger partial charge in [-0.1, -0.05) is 12.1 Å². The van der Waals surface area contributed by atoms with E-state index in [2.05, 4.69) is 20.9 Å². The van der Waals surface area contributed by atoms with Crippen LogP contribution in [-0.2, 0) is 11.3 Å². The number of rotatable bonds is 5. The van der Waals surface area contributed by atoms with Gasteiger partial charge in [-0.3, -0.25) is 9.78 Å². The van der Waals surface area contributed by atoms with Crippen LogP contribution in [0.15, 0.2) is 42.7 Å². The third-order valence-corrected chi connectivity index (χ3v) is 5.26. The molecule has 1 fully saturated rings. The molecular formula is C21H25N5O4. The minimum atomic E-state index is -0.724. The van der Waals surface area contributed by atoms with Gasteiger partial charge in [0.25, 0.3) is 0 Å². The van der Waals surface area contributed by atoms with Crippen molar-refractivity contribution in [2.24, 2.45) is 0 Å². The van der Waals surface area contributed by atoms with Crippen LogP contribution in [0.1, 0.15) is 30.0 Å². The highest BCUT2D eigenvalue weighted by Crippen LogP contribution is 2.31. The topological polar surface area (TPSA) is 116 Å². The molecule has 2 atom stereocenters. The monoisotopic (exact) mass is 411 g/mol. The molecule has 4 N–H and O–H groups in total. The van der Waals surface area contributed by atoms with E-state index in [-0.39, 0.29) is 25.1 Å². The lowest BCUT2D eigenvalue weighted by Crippen LogP contribution is -2.43. The van der Waals surface area contributed by atoms with Gasteiger partial charge in [0.2, 0.25) is 5.91 Å². The average molecular weight is 411 g/mol. The number of aliphatic hydroxyl groups excluding tert-OH is 1. The average Bonchev–Trinajstić information content (AvgIpc) is 3.26. The summed E-state index contributed by atoms with van der Waals surface area (Å²) in [6, 6.07) is 8.88. The SMILES string of the molecule is O=C(NCC(=O)N1CCCC1c1cccnc1)NCc1ccc2c(c1)OC[C@@H](O)N2. The number of likely N-dealkylation sites (tertiary alicyclic amines) is 1. The smallest absolute Gasteiger partial charge is 0.315 e. The van der Waals surface area contributed by atoms with Gasteiger partial charge in [0.05, 0.1) is 18.3 Å². The van der Waals surface area contributed by atoms with E-state index in [9.17, 15) is 14.7 Å². The van der Waals surface area contributed by atoms with Gasteiger partial charge in [-0.25, -0.2) is 4.79 Å². The fourth-order valence-corrected chi connectivity index (χ4v) is 3.79. The number of hydrogen-bond donors (Lipinski definition) is 4. The Bertz CT molecular complexity index is 908. The zero-order valence-corrected chi connectivity index (χ0v) is 16.5. The van der Waals surface area contributed by atoms with Gasteiger partial charge in [-0.15, -0.1) is 0 Å². The van der Waals surface area contributed by atoms with Gasteiger partial charge in [0.1, 0.15) is 12.4 Å². The third kappa shape index (κ3) is 4.62. The first-order chi connectivity index (χ1) is 14.6. The Morgan fingerprint density at radius 3 is 3.03 bits per heavy atom. The molecule has 0 saturated carbocycles. The van der Waals surface area contributed by atoms with Crippen LogP contribution in [0, 0.1) is 0 Å². The van der Waals surface area contributed by atoms with Crippen molar-refractivity contribution < 1.29 is 19.4 Å². The molecule has 30 heavy (non-hydrogen) atoms. The van der Waals surface area contributed by atoms with Gasteiger partial charge in [-0.2, -0.15) is 0 Å². The maximum Gasteiger partial charge on any atom is 0.315 e. The van der Waals surface area contributed by atoms with Crippen LogP contribution in [0.4, 0.5) is 10.5 Å². The number of carbonyl (C=O) groups is 2. The van der Waals surface area contributed by atoms with Gasteiger partial charge in [0, 0.05) is 25.5 Å². The van der Waals surface area contributed by atoms with Gasteiger partial charge < -0.3 is 30.7 Å². The second kappa shape index (κ2) is 9.00. The molecule has 4 rings (SSSR count). The second-order valence-corrected chi connectivity index (χ2v) is 7.37. The largest absolute Gasteiger partial charge is 0.487 e. The van der Waals surface area contributed by atoms with E-state index in [1.165, 1.54) is 0 Å². The summed E-state index contributed by atoms with van der Waals surface area (Å²) in [7, 11) is 0. The van der Waals surface area contributed by atoms with Crippen molar-refractivity contribution in [3.8, 4) is 5.75 Å². The Kier molecular flexibility index (Phi) is 5.99. The number of nitrogens with zero attached hydrogens (tertiary/aromatic N) is 2. The molecular weight excluding hydrogens is 386 g/mol. The highest BCUT2D eigenvalue weighted by Gasteiger charge is 2.30. The van der Waals surface area contributed by atoms with Crippen molar-refractivity contribution in [1.82, 2.24) is 20.5 Å². The summed E-state index contributed by atoms with van der Waals surface area (Å²) in [5.74, 6) is 0.522. The van der Waals surface area contributed by atoms with Crippen LogP contribution in [0.25, 0.3) is 0 Å². The van der Waals surface area contributed by atoms with Gasteiger partial charge in [0.15, 0.2) is 6.23 Å². The number of benzene rings is 1. The van der Waals surface area contributed by atoms with Crippen molar-refractivity contribution in [1.29, 1.82) is 0 Å². The van der Waals surface area contributed by atoms with Crippen molar-refractivity contribution in [2.45, 2.75) is 31.7 Å². The van der Waals surface area contributed by atoms with E-state index in [0.717, 1.165) is 24.0 Å². The zero-order valence-electron chi connectivity index (χ0n) is 16.5. The van der Waals surface area contributed by atoms with Gasteiger partial charge >= 0.3 is 6.03 Å². The summed E-state index contributed by atoms with van der Waals surface area (Å²) in [6.45, 7) is 1.08. The Balaban J connectivity index is 1.25. The first-order valence-electron chi connectivity index (χ1n) is 10.0. The predicted octanol–water partition coefficient (Wildman–Crippen LogP) is 1.37. The maximum absolute atomic E-state index is 12.6. The molecule has 2 aliphatic heterocycles. The van der Waals surface area contributed by atoms with E-state index in [1.54, 1.807) is 23.4 Å². The van der Waals surface area contributed by atoms with Crippen molar-refractivity contribution >= 4 is 17.6 Å². The fourth-order valence-electron chi connectivity index (χ4n) is 3.79. The quantitative estimate of drug-likeness (QED) is 0.591. The van der Waals surface area contributed by atoms with Crippen molar-refractivity contribution in [2.75, 3.05) is 25.0 Å². The maximum atomic E-state index is 12.6. The van der Waals surface area contributed by atoms with E-state index >= 15 is 0 Å². The number of pyridine rings is 1. The zero-order chi connectivity index (χ0) is 20.9. The summed E-state index contributed by atoms with van der Waals surface area (Å²) >= 11 is 0. The lowest BCUT2D eigenvalue weighted by Gasteiger charge is -2.25. The highest BCUT2D eigenvalue weighted by atomic mass is 16.5. The third-order valence-electron chi connectivity index (χ3n) is 5.26. The Labute approximate surface area is 174 Å². The van der Waals surface area contributed by atoms with E-state index in [1.807, 2.05) is 24.3 Å². The molecule has 9 nitrogen and oxygen atoms in total. The highest BCUT2D eigenvalue weighted by molar-refractivity contribution is 5.84. The van der Waals surface area contributed by atoms with Crippen LogP contribution < -0.4 is 20.7 Å². The lowest BCUT2D eigenvalue weighted by molar-refractivity contribution is -0.131. The van der Waals surface area contributed by atoms with E-state index < -0.39 is 12.3 Å². The molecule has 0 bridgehead atoms. The lowest BCUT2D eigenvalue weighted by atomic mass is 10.1. The Morgan fingerprint density at radius 2 is 2.20 bits per heavy atom. The molecule has 1 saturated heterocycles. The number of hydrogen-bond acceptors (Lipinski definition) is 6. The summed E-state index contributed by atoms with van der Waals surface area (Å²) in [4.78, 5) is 30.7. The number of urea groups is 1. The minimum absolute atomic E-state index is 0.0127. The van der Waals surface area contributed by atoms with Crippen molar-refractivity contribution in [3.63, 3.8) is 0 Å². The fraction of sp³-hybridized carbons (Fsp3) is 0.381. The molecule has 1 unspecified atom stereocenters. The molecule has 3 heterocycles. The summed E-state index contributed by atoms with van der Waals surface area (Å²) in [6.07, 6.45) is 4.61.